The Morgan fingerprint density at radius 2 is 0.943 bits per heavy atom. The summed E-state index contributed by atoms with van der Waals surface area (Å²) in [5, 5.41) is 19.9. The van der Waals surface area contributed by atoms with Crippen molar-refractivity contribution in [1.82, 2.24) is 0 Å². The fourth-order valence-electron chi connectivity index (χ4n) is 4.19. The van der Waals surface area contributed by atoms with Crippen molar-refractivity contribution in [3.63, 3.8) is 0 Å². The molecule has 290 valence electrons. The smallest absolute Gasteiger partial charge is 0.333 e. The zero-order valence-electron chi connectivity index (χ0n) is 31.3. The van der Waals surface area contributed by atoms with Gasteiger partial charge in [0, 0.05) is 28.7 Å². The van der Waals surface area contributed by atoms with Gasteiger partial charge in [-0.2, -0.15) is 0 Å². The summed E-state index contributed by atoms with van der Waals surface area (Å²) >= 11 is 0. The molecule has 2 atom stereocenters. The minimum atomic E-state index is -0.951. The molecule has 0 radical (unpaired) electrons. The van der Waals surface area contributed by atoms with E-state index < -0.39 is 24.1 Å². The molecule has 0 fully saturated rings. The number of unbranched alkanes of at least 4 members (excludes halogenated alkanes) is 3. The van der Waals surface area contributed by atoms with Crippen molar-refractivity contribution in [2.75, 3.05) is 39.6 Å². The summed E-state index contributed by atoms with van der Waals surface area (Å²) in [6, 6.07) is 15.1. The van der Waals surface area contributed by atoms with Crippen LogP contribution in [0.15, 0.2) is 98.1 Å². The van der Waals surface area contributed by atoms with Gasteiger partial charge in [-0.05, 0) is 74.9 Å². The number of aliphatic hydroxyl groups is 2. The van der Waals surface area contributed by atoms with E-state index in [4.69, 9.17) is 28.4 Å². The summed E-state index contributed by atoms with van der Waals surface area (Å²) in [5.74, 6) is -0.712. The lowest BCUT2D eigenvalue weighted by Gasteiger charge is -2.26. The lowest BCUT2D eigenvalue weighted by atomic mass is 9.78. The molecule has 0 saturated carbocycles. The van der Waals surface area contributed by atoms with Crippen LogP contribution >= 0.6 is 0 Å². The second kappa shape index (κ2) is 24.9. The fourth-order valence-corrected chi connectivity index (χ4v) is 4.19. The maximum Gasteiger partial charge on any atom is 0.333 e. The Kier molecular flexibility index (Phi) is 21.5. The third-order valence-corrected chi connectivity index (χ3v) is 7.41. The first-order valence-corrected chi connectivity index (χ1v) is 17.2. The Balaban J connectivity index is 0.000000737. The van der Waals surface area contributed by atoms with Gasteiger partial charge in [0.25, 0.3) is 0 Å². The van der Waals surface area contributed by atoms with Gasteiger partial charge in [0.2, 0.25) is 0 Å². The Morgan fingerprint density at radius 3 is 1.25 bits per heavy atom. The van der Waals surface area contributed by atoms with Crippen molar-refractivity contribution in [3.05, 3.63) is 109 Å². The summed E-state index contributed by atoms with van der Waals surface area (Å²) in [6.07, 6.45) is 3.90. The summed E-state index contributed by atoms with van der Waals surface area (Å²) in [6.45, 7) is 21.3. The number of rotatable bonds is 23. The molecule has 0 bridgehead atoms. The molecule has 2 N–H and O–H groups in total. The minimum absolute atomic E-state index is 0.0152. The molecule has 12 heteroatoms. The van der Waals surface area contributed by atoms with E-state index in [2.05, 4.69) is 40.2 Å². The van der Waals surface area contributed by atoms with Gasteiger partial charge in [-0.1, -0.05) is 64.4 Å². The van der Waals surface area contributed by atoms with Crippen LogP contribution in [0.3, 0.4) is 0 Å². The Hall–Kier alpha value is -5.20. The number of esters is 4. The SMILES string of the molecule is C=C(C)C(=O)OCC(O)COc1ccc(C(C)(C)c2ccc(OCC(O)COC(=O)C(=C)C)cc2)cc1.C=CC(=O)OCCCCCCOC(=O)C=C. The lowest BCUT2D eigenvalue weighted by molar-refractivity contribution is -0.143. The van der Waals surface area contributed by atoms with E-state index in [1.165, 1.54) is 13.8 Å². The summed E-state index contributed by atoms with van der Waals surface area (Å²) in [7, 11) is 0. The van der Waals surface area contributed by atoms with Gasteiger partial charge in [0.05, 0.1) is 13.2 Å². The van der Waals surface area contributed by atoms with E-state index in [1.807, 2.05) is 48.5 Å². The predicted octanol–water partition coefficient (Wildman–Crippen LogP) is 5.74. The minimum Gasteiger partial charge on any atom is -0.491 e. The normalized spacial score (nSPS) is 11.7. The molecular weight excluding hydrogens is 684 g/mol. The Labute approximate surface area is 312 Å². The molecule has 53 heavy (non-hydrogen) atoms. The van der Waals surface area contributed by atoms with Gasteiger partial charge in [-0.15, -0.1) is 0 Å². The van der Waals surface area contributed by atoms with Crippen LogP contribution in [0.5, 0.6) is 11.5 Å². The predicted molar refractivity (Wildman–Crippen MR) is 200 cm³/mol. The van der Waals surface area contributed by atoms with Crippen LogP contribution in [0.1, 0.15) is 64.5 Å². The van der Waals surface area contributed by atoms with Crippen molar-refractivity contribution in [2.24, 2.45) is 0 Å². The topological polar surface area (TPSA) is 164 Å². The Bertz CT molecular complexity index is 1380. The highest BCUT2D eigenvalue weighted by atomic mass is 16.6. The Morgan fingerprint density at radius 1 is 0.604 bits per heavy atom. The van der Waals surface area contributed by atoms with Crippen molar-refractivity contribution >= 4 is 23.9 Å². The van der Waals surface area contributed by atoms with Crippen LogP contribution in [-0.2, 0) is 43.5 Å². The average molecular weight is 739 g/mol. The van der Waals surface area contributed by atoms with Gasteiger partial charge in [-0.25, -0.2) is 19.2 Å². The number of hydrogen-bond donors (Lipinski definition) is 2. The highest BCUT2D eigenvalue weighted by molar-refractivity contribution is 5.87. The monoisotopic (exact) mass is 738 g/mol. The first-order valence-electron chi connectivity index (χ1n) is 17.2. The van der Waals surface area contributed by atoms with Crippen LogP contribution in [-0.4, -0.2) is 85.9 Å². The molecule has 2 aromatic rings. The largest absolute Gasteiger partial charge is 0.491 e. The van der Waals surface area contributed by atoms with Gasteiger partial charge in [0.1, 0.15) is 50.1 Å². The first kappa shape index (κ1) is 45.8. The van der Waals surface area contributed by atoms with E-state index in [1.54, 1.807) is 0 Å². The number of benzene rings is 2. The zero-order valence-corrected chi connectivity index (χ0v) is 31.3. The molecule has 2 unspecified atom stereocenters. The van der Waals surface area contributed by atoms with E-state index in [0.717, 1.165) is 49.0 Å². The van der Waals surface area contributed by atoms with E-state index >= 15 is 0 Å². The number of carbonyl (C=O) groups is 4. The molecular formula is C41H54O12. The first-order chi connectivity index (χ1) is 25.1. The van der Waals surface area contributed by atoms with Crippen LogP contribution in [0.4, 0.5) is 0 Å². The van der Waals surface area contributed by atoms with Crippen LogP contribution in [0.2, 0.25) is 0 Å². The molecule has 2 aromatic carbocycles. The summed E-state index contributed by atoms with van der Waals surface area (Å²) in [5.41, 5.74) is 2.33. The maximum atomic E-state index is 11.4. The average Bonchev–Trinajstić information content (AvgIpc) is 3.15. The quantitative estimate of drug-likeness (QED) is 0.0617. The second-order valence-electron chi connectivity index (χ2n) is 12.5. The van der Waals surface area contributed by atoms with Gasteiger partial charge >= 0.3 is 23.9 Å². The zero-order chi connectivity index (χ0) is 39.8. The highest BCUT2D eigenvalue weighted by Gasteiger charge is 2.23. The fraction of sp³-hybridized carbons (Fsp3) is 0.415. The number of hydrogen-bond acceptors (Lipinski definition) is 12. The third kappa shape index (κ3) is 19.3. The van der Waals surface area contributed by atoms with E-state index in [-0.39, 0.29) is 54.9 Å². The highest BCUT2D eigenvalue weighted by Crippen LogP contribution is 2.33. The van der Waals surface area contributed by atoms with E-state index in [0.29, 0.717) is 24.7 Å². The second-order valence-corrected chi connectivity index (χ2v) is 12.5. The maximum absolute atomic E-state index is 11.4. The van der Waals surface area contributed by atoms with Gasteiger partial charge < -0.3 is 38.6 Å². The third-order valence-electron chi connectivity index (χ3n) is 7.41. The molecule has 0 aliphatic heterocycles. The molecule has 2 rings (SSSR count). The summed E-state index contributed by atoms with van der Waals surface area (Å²) in [4.78, 5) is 44.1. The van der Waals surface area contributed by atoms with Crippen LogP contribution < -0.4 is 9.47 Å². The van der Waals surface area contributed by atoms with Crippen molar-refractivity contribution in [3.8, 4) is 11.5 Å². The van der Waals surface area contributed by atoms with Gasteiger partial charge in [0.15, 0.2) is 0 Å². The van der Waals surface area contributed by atoms with Crippen LogP contribution in [0.25, 0.3) is 0 Å². The number of aliphatic hydroxyl groups excluding tert-OH is 2. The van der Waals surface area contributed by atoms with Crippen molar-refractivity contribution < 1.29 is 57.8 Å². The number of carbonyl (C=O) groups excluding carboxylic acids is 4. The standard InChI is InChI=1S/C29H36O8.C12H18O4/c1-19(2)27(32)36-17-23(30)15-34-25-11-7-21(8-12-25)29(5,6)22-9-13-26(14-10-22)35-16-24(31)18-37-28(33)20(3)4;1-3-11(13)15-9-7-5-6-8-10-16-12(14)4-2/h7-14,23-24,30-31H,1,3,15-18H2,2,4-6H3;3-4H,1-2,5-10H2. The lowest BCUT2D eigenvalue weighted by Crippen LogP contribution is -2.25. The molecule has 0 aromatic heterocycles. The van der Waals surface area contributed by atoms with Crippen molar-refractivity contribution in [1.29, 1.82) is 0 Å². The molecule has 12 nitrogen and oxygen atoms in total. The molecule has 0 heterocycles. The van der Waals surface area contributed by atoms with Crippen molar-refractivity contribution in [2.45, 2.75) is 71.0 Å². The van der Waals surface area contributed by atoms with Crippen LogP contribution in [0, 0.1) is 0 Å². The molecule has 0 amide bonds. The van der Waals surface area contributed by atoms with Gasteiger partial charge in [-0.3, -0.25) is 0 Å². The summed E-state index contributed by atoms with van der Waals surface area (Å²) < 4.78 is 30.6. The molecule has 0 spiro atoms. The molecule has 0 aliphatic rings. The molecule has 0 saturated heterocycles. The number of ether oxygens (including phenoxy) is 6. The van der Waals surface area contributed by atoms with E-state index in [9.17, 15) is 29.4 Å². The molecule has 0 aliphatic carbocycles.